The molecule has 2 aromatic heterocycles. The molecule has 4 rings (SSSR count). The van der Waals surface area contributed by atoms with Crippen molar-refractivity contribution in [2.45, 2.75) is 25.3 Å². The summed E-state index contributed by atoms with van der Waals surface area (Å²) in [6.07, 6.45) is 0.765. The number of rotatable bonds is 5. The third kappa shape index (κ3) is 3.62. The van der Waals surface area contributed by atoms with E-state index in [4.69, 9.17) is 4.98 Å². The van der Waals surface area contributed by atoms with Crippen LogP contribution >= 0.6 is 27.7 Å². The third-order valence-electron chi connectivity index (χ3n) is 4.32. The maximum atomic E-state index is 12.5. The second-order valence-electron chi connectivity index (χ2n) is 6.35. The number of halogens is 1. The van der Waals surface area contributed by atoms with Gasteiger partial charge in [-0.3, -0.25) is 9.20 Å². The fourth-order valence-corrected chi connectivity index (χ4v) is 4.34. The number of amides is 1. The monoisotopic (exact) mass is 455 g/mol. The van der Waals surface area contributed by atoms with Crippen LogP contribution in [0.2, 0.25) is 0 Å². The van der Waals surface area contributed by atoms with Crippen molar-refractivity contribution in [1.29, 1.82) is 0 Å². The maximum Gasteiger partial charge on any atom is 0.234 e. The SMILES string of the molecule is CCc1nnc2c(SCC(=O)Nc3ccc(C)cc3Br)nc3ccccc3n12. The molecule has 142 valence electrons. The van der Waals surface area contributed by atoms with E-state index in [1.807, 2.05) is 60.7 Å². The molecule has 0 radical (unpaired) electrons. The maximum absolute atomic E-state index is 12.5. The molecule has 28 heavy (non-hydrogen) atoms. The molecule has 0 atom stereocenters. The van der Waals surface area contributed by atoms with Gasteiger partial charge in [0.25, 0.3) is 0 Å². The van der Waals surface area contributed by atoms with Gasteiger partial charge in [0.05, 0.1) is 22.5 Å². The first-order valence-corrected chi connectivity index (χ1v) is 10.7. The molecule has 0 unspecified atom stereocenters. The Balaban J connectivity index is 1.60. The number of carbonyl (C=O) groups is 1. The van der Waals surface area contributed by atoms with Crippen molar-refractivity contribution in [2.75, 3.05) is 11.1 Å². The van der Waals surface area contributed by atoms with Crippen LogP contribution in [-0.4, -0.2) is 31.2 Å². The Labute approximate surface area is 174 Å². The van der Waals surface area contributed by atoms with E-state index in [1.54, 1.807) is 0 Å². The van der Waals surface area contributed by atoms with Crippen LogP contribution in [-0.2, 0) is 11.2 Å². The quantitative estimate of drug-likeness (QED) is 0.443. The largest absolute Gasteiger partial charge is 0.324 e. The summed E-state index contributed by atoms with van der Waals surface area (Å²) >= 11 is 4.85. The topological polar surface area (TPSA) is 72.2 Å². The number of aromatic nitrogens is 4. The Morgan fingerprint density at radius 1 is 1.21 bits per heavy atom. The molecule has 0 aliphatic rings. The summed E-state index contributed by atoms with van der Waals surface area (Å²) < 4.78 is 2.89. The van der Waals surface area contributed by atoms with E-state index in [2.05, 4.69) is 31.4 Å². The van der Waals surface area contributed by atoms with Gasteiger partial charge in [0.2, 0.25) is 5.91 Å². The predicted molar refractivity (Wildman–Crippen MR) is 116 cm³/mol. The number of carbonyl (C=O) groups excluding carboxylic acids is 1. The predicted octanol–water partition coefficient (Wildman–Crippen LogP) is 4.64. The molecule has 8 heteroatoms. The molecule has 0 aliphatic carbocycles. The fourth-order valence-electron chi connectivity index (χ4n) is 2.98. The van der Waals surface area contributed by atoms with Gasteiger partial charge in [0.15, 0.2) is 5.65 Å². The Kier molecular flexibility index (Phi) is 5.32. The van der Waals surface area contributed by atoms with E-state index in [0.29, 0.717) is 10.7 Å². The van der Waals surface area contributed by atoms with Crippen LogP contribution in [0.1, 0.15) is 18.3 Å². The smallest absolute Gasteiger partial charge is 0.234 e. The molecular weight excluding hydrogens is 438 g/mol. The number of benzene rings is 2. The van der Waals surface area contributed by atoms with Crippen LogP contribution < -0.4 is 5.32 Å². The van der Waals surface area contributed by atoms with Crippen LogP contribution in [0, 0.1) is 6.92 Å². The van der Waals surface area contributed by atoms with Gasteiger partial charge in [-0.05, 0) is 52.7 Å². The lowest BCUT2D eigenvalue weighted by molar-refractivity contribution is -0.113. The van der Waals surface area contributed by atoms with E-state index in [1.165, 1.54) is 11.8 Å². The van der Waals surface area contributed by atoms with E-state index < -0.39 is 0 Å². The van der Waals surface area contributed by atoms with E-state index in [0.717, 1.165) is 39.0 Å². The average Bonchev–Trinajstić information content (AvgIpc) is 3.13. The minimum atomic E-state index is -0.0992. The molecule has 4 aromatic rings. The zero-order chi connectivity index (χ0) is 19.7. The molecule has 0 bridgehead atoms. The Hall–Kier alpha value is -2.45. The number of nitrogens with zero attached hydrogens (tertiary/aromatic N) is 4. The van der Waals surface area contributed by atoms with Gasteiger partial charge in [-0.2, -0.15) is 0 Å². The van der Waals surface area contributed by atoms with Crippen molar-refractivity contribution in [2.24, 2.45) is 0 Å². The molecule has 0 spiro atoms. The summed E-state index contributed by atoms with van der Waals surface area (Å²) in [5.41, 5.74) is 4.39. The lowest BCUT2D eigenvalue weighted by Gasteiger charge is -2.09. The summed E-state index contributed by atoms with van der Waals surface area (Å²) in [6, 6.07) is 13.7. The molecular formula is C20H18BrN5OS. The first kappa shape index (κ1) is 18.9. The zero-order valence-corrected chi connectivity index (χ0v) is 17.8. The lowest BCUT2D eigenvalue weighted by Crippen LogP contribution is -2.14. The molecule has 6 nitrogen and oxygen atoms in total. The first-order valence-electron chi connectivity index (χ1n) is 8.88. The average molecular weight is 456 g/mol. The Morgan fingerprint density at radius 3 is 2.82 bits per heavy atom. The molecule has 2 aromatic carbocycles. The summed E-state index contributed by atoms with van der Waals surface area (Å²) in [5.74, 6) is 1.01. The highest BCUT2D eigenvalue weighted by Crippen LogP contribution is 2.27. The van der Waals surface area contributed by atoms with Crippen LogP contribution in [0.3, 0.4) is 0 Å². The van der Waals surface area contributed by atoms with E-state index in [-0.39, 0.29) is 11.7 Å². The van der Waals surface area contributed by atoms with Crippen molar-refractivity contribution in [3.05, 3.63) is 58.3 Å². The lowest BCUT2D eigenvalue weighted by atomic mass is 10.2. The van der Waals surface area contributed by atoms with Crippen LogP contribution in [0.5, 0.6) is 0 Å². The standard InChI is InChI=1S/C20H18BrN5OS/c1-3-17-24-25-19-20(23-15-6-4-5-7-16(15)26(17)19)28-11-18(27)22-14-9-8-12(2)10-13(14)21/h4-10H,3,11H2,1-2H3,(H,22,27). The Bertz CT molecular complexity index is 1190. The third-order valence-corrected chi connectivity index (χ3v) is 5.93. The zero-order valence-electron chi connectivity index (χ0n) is 15.4. The van der Waals surface area contributed by atoms with Crippen molar-refractivity contribution in [3.63, 3.8) is 0 Å². The van der Waals surface area contributed by atoms with Crippen molar-refractivity contribution in [1.82, 2.24) is 19.6 Å². The number of nitrogens with one attached hydrogen (secondary N) is 1. The number of aryl methyl sites for hydroxylation is 2. The highest BCUT2D eigenvalue weighted by Gasteiger charge is 2.16. The minimum absolute atomic E-state index is 0.0992. The highest BCUT2D eigenvalue weighted by molar-refractivity contribution is 9.10. The highest BCUT2D eigenvalue weighted by atomic mass is 79.9. The van der Waals surface area contributed by atoms with Crippen LogP contribution in [0.4, 0.5) is 5.69 Å². The van der Waals surface area contributed by atoms with Crippen molar-refractivity contribution < 1.29 is 4.79 Å². The van der Waals surface area contributed by atoms with Gasteiger partial charge in [-0.1, -0.05) is 36.9 Å². The molecule has 1 N–H and O–H groups in total. The summed E-state index contributed by atoms with van der Waals surface area (Å²) in [4.78, 5) is 17.2. The summed E-state index contributed by atoms with van der Waals surface area (Å²) in [5, 5.41) is 12.2. The minimum Gasteiger partial charge on any atom is -0.324 e. The summed E-state index contributed by atoms with van der Waals surface area (Å²) in [7, 11) is 0. The molecule has 0 saturated carbocycles. The number of fused-ring (bicyclic) bond motifs is 3. The van der Waals surface area contributed by atoms with Gasteiger partial charge in [0, 0.05) is 10.9 Å². The fraction of sp³-hybridized carbons (Fsp3) is 0.200. The van der Waals surface area contributed by atoms with Crippen LogP contribution in [0.15, 0.2) is 52.0 Å². The Morgan fingerprint density at radius 2 is 2.04 bits per heavy atom. The van der Waals surface area contributed by atoms with Gasteiger partial charge < -0.3 is 5.32 Å². The van der Waals surface area contributed by atoms with Gasteiger partial charge in [-0.15, -0.1) is 10.2 Å². The molecule has 0 aliphatic heterocycles. The number of thioether (sulfide) groups is 1. The normalized spacial score (nSPS) is 11.2. The van der Waals surface area contributed by atoms with Gasteiger partial charge in [0.1, 0.15) is 10.9 Å². The van der Waals surface area contributed by atoms with E-state index in [9.17, 15) is 4.79 Å². The number of hydrogen-bond donors (Lipinski definition) is 1. The van der Waals surface area contributed by atoms with Crippen LogP contribution in [0.25, 0.3) is 16.7 Å². The number of para-hydroxylation sites is 2. The van der Waals surface area contributed by atoms with Crippen molar-refractivity contribution >= 4 is 56.0 Å². The van der Waals surface area contributed by atoms with Crippen molar-refractivity contribution in [3.8, 4) is 0 Å². The molecule has 1 amide bonds. The van der Waals surface area contributed by atoms with Gasteiger partial charge in [-0.25, -0.2) is 4.98 Å². The molecule has 2 heterocycles. The summed E-state index contributed by atoms with van der Waals surface area (Å²) in [6.45, 7) is 4.05. The number of hydrogen-bond acceptors (Lipinski definition) is 5. The molecule has 0 saturated heterocycles. The molecule has 0 fully saturated rings. The van der Waals surface area contributed by atoms with E-state index >= 15 is 0 Å². The number of anilines is 1. The second-order valence-corrected chi connectivity index (χ2v) is 8.17. The second kappa shape index (κ2) is 7.89. The first-order chi connectivity index (χ1) is 13.6. The van der Waals surface area contributed by atoms with Gasteiger partial charge >= 0.3 is 0 Å².